The number of oxazole rings is 1. The van der Waals surface area contributed by atoms with Gasteiger partial charge in [-0.15, -0.1) is 0 Å². The van der Waals surface area contributed by atoms with Crippen LogP contribution in [0.1, 0.15) is 23.8 Å². The molecule has 0 unspecified atom stereocenters. The zero-order chi connectivity index (χ0) is 26.9. The van der Waals surface area contributed by atoms with Crippen LogP contribution in [0.4, 0.5) is 21.0 Å². The third kappa shape index (κ3) is 7.71. The zero-order valence-electron chi connectivity index (χ0n) is 21.6. The molecule has 0 aliphatic heterocycles. The Morgan fingerprint density at radius 1 is 1.05 bits per heavy atom. The molecule has 0 fully saturated rings. The quantitative estimate of drug-likeness (QED) is 0.249. The first-order valence-electron chi connectivity index (χ1n) is 12.2. The molecule has 0 saturated carbocycles. The smallest absolute Gasteiger partial charge is 0.407 e. The molecule has 2 heterocycles. The molecule has 3 N–H and O–H groups in total. The molecule has 0 radical (unpaired) electrons. The molecule has 0 spiro atoms. The van der Waals surface area contributed by atoms with Gasteiger partial charge in [-0.3, -0.25) is 4.90 Å². The van der Waals surface area contributed by atoms with Gasteiger partial charge in [-0.1, -0.05) is 12.1 Å². The summed E-state index contributed by atoms with van der Waals surface area (Å²) >= 11 is 0. The number of aromatic nitrogens is 1. The van der Waals surface area contributed by atoms with Crippen molar-refractivity contribution in [2.75, 3.05) is 24.2 Å². The number of ether oxygens (including phenoxy) is 1. The molecule has 0 saturated heterocycles. The van der Waals surface area contributed by atoms with E-state index in [0.717, 1.165) is 22.5 Å². The summed E-state index contributed by atoms with van der Waals surface area (Å²) < 4.78 is 16.1. The number of urea groups is 1. The number of nitrogens with zero attached hydrogens (tertiary/aromatic N) is 2. The second kappa shape index (κ2) is 12.6. The summed E-state index contributed by atoms with van der Waals surface area (Å²) in [6.45, 7) is 5.22. The van der Waals surface area contributed by atoms with Gasteiger partial charge in [-0.2, -0.15) is 0 Å². The highest BCUT2D eigenvalue weighted by molar-refractivity contribution is 6.00. The van der Waals surface area contributed by atoms with Crippen LogP contribution in [-0.4, -0.2) is 41.7 Å². The van der Waals surface area contributed by atoms with Crippen LogP contribution in [0.25, 0.3) is 11.3 Å². The van der Waals surface area contributed by atoms with Gasteiger partial charge in [-0.25, -0.2) is 14.6 Å². The number of furan rings is 1. The van der Waals surface area contributed by atoms with Crippen molar-refractivity contribution in [3.05, 3.63) is 90.3 Å². The van der Waals surface area contributed by atoms with Crippen LogP contribution >= 0.6 is 0 Å². The summed E-state index contributed by atoms with van der Waals surface area (Å²) in [5.74, 6) is 1.52. The largest absolute Gasteiger partial charge is 0.468 e. The Kier molecular flexibility index (Phi) is 8.78. The number of rotatable bonds is 10. The van der Waals surface area contributed by atoms with Crippen LogP contribution in [0.2, 0.25) is 0 Å². The lowest BCUT2D eigenvalue weighted by Gasteiger charge is -2.20. The molecule has 10 heteroatoms. The summed E-state index contributed by atoms with van der Waals surface area (Å²) in [7, 11) is 1.93. The van der Waals surface area contributed by atoms with E-state index in [-0.39, 0.29) is 18.7 Å². The van der Waals surface area contributed by atoms with Crippen LogP contribution in [-0.2, 0) is 17.8 Å². The number of aryl methyl sites for hydroxylation is 1. The number of alkyl carbamates (subject to hydrolysis) is 1. The van der Waals surface area contributed by atoms with E-state index in [1.54, 1.807) is 36.7 Å². The van der Waals surface area contributed by atoms with Crippen molar-refractivity contribution in [3.8, 4) is 11.3 Å². The highest BCUT2D eigenvalue weighted by Crippen LogP contribution is 2.25. The Morgan fingerprint density at radius 2 is 1.87 bits per heavy atom. The van der Waals surface area contributed by atoms with Crippen LogP contribution < -0.4 is 16.0 Å². The number of amides is 3. The molecule has 2 aromatic heterocycles. The van der Waals surface area contributed by atoms with Crippen molar-refractivity contribution in [1.29, 1.82) is 0 Å². The maximum absolute atomic E-state index is 12.5. The van der Waals surface area contributed by atoms with Crippen molar-refractivity contribution in [1.82, 2.24) is 15.2 Å². The lowest BCUT2D eigenvalue weighted by atomic mass is 10.1. The van der Waals surface area contributed by atoms with Gasteiger partial charge in [0, 0.05) is 30.0 Å². The molecular formula is C28H31N5O5. The highest BCUT2D eigenvalue weighted by Gasteiger charge is 2.13. The van der Waals surface area contributed by atoms with Crippen LogP contribution in [0.15, 0.2) is 82.3 Å². The topological polar surface area (TPSA) is 122 Å². The van der Waals surface area contributed by atoms with Crippen molar-refractivity contribution >= 4 is 23.5 Å². The van der Waals surface area contributed by atoms with Crippen LogP contribution in [0.3, 0.4) is 0 Å². The van der Waals surface area contributed by atoms with Crippen molar-refractivity contribution < 1.29 is 23.2 Å². The number of likely N-dealkylation sites (N-methyl/N-ethyl adjacent to an activating group) is 1. The second-order valence-corrected chi connectivity index (χ2v) is 9.02. The minimum absolute atomic E-state index is 0.257. The normalized spacial score (nSPS) is 11.7. The zero-order valence-corrected chi connectivity index (χ0v) is 21.6. The standard InChI is InChI=1S/C28H31N5O5/c1-19-12-23(9-10-25(19)26-15-29-18-37-26)32-27(34)31-22-7-4-6-21(13-22)14-30-28(35)38-20(2)16-33(3)17-24-8-5-11-36-24/h4-13,15,18,20H,14,16-17H2,1-3H3,(H,30,35)(H2,31,32,34)/t20-/m0/s1. The van der Waals surface area contributed by atoms with Gasteiger partial charge in [0.2, 0.25) is 0 Å². The Balaban J connectivity index is 1.22. The summed E-state index contributed by atoms with van der Waals surface area (Å²) in [6.07, 6.45) is 3.84. The molecule has 0 aliphatic carbocycles. The molecule has 4 rings (SSSR count). The van der Waals surface area contributed by atoms with Gasteiger partial charge in [0.05, 0.1) is 19.0 Å². The molecule has 0 aliphatic rings. The minimum atomic E-state index is -0.510. The lowest BCUT2D eigenvalue weighted by molar-refractivity contribution is 0.0827. The first kappa shape index (κ1) is 26.5. The average Bonchev–Trinajstić information content (AvgIpc) is 3.57. The van der Waals surface area contributed by atoms with Gasteiger partial charge < -0.3 is 29.5 Å². The molecule has 3 amide bonds. The highest BCUT2D eigenvalue weighted by atomic mass is 16.6. The molecule has 2 aromatic carbocycles. The van der Waals surface area contributed by atoms with Crippen LogP contribution in [0.5, 0.6) is 0 Å². The fourth-order valence-corrected chi connectivity index (χ4v) is 4.03. The molecule has 0 bridgehead atoms. The summed E-state index contributed by atoms with van der Waals surface area (Å²) in [6, 6.07) is 16.1. The molecule has 38 heavy (non-hydrogen) atoms. The molecule has 198 valence electrons. The SMILES string of the molecule is Cc1cc(NC(=O)Nc2cccc(CNC(=O)O[C@@H](C)CN(C)Cc3ccco3)c2)ccc1-c1cnco1. The number of hydrogen-bond acceptors (Lipinski definition) is 7. The predicted molar refractivity (Wildman–Crippen MR) is 144 cm³/mol. The number of carbonyl (C=O) groups is 2. The number of nitrogens with one attached hydrogen (secondary N) is 3. The summed E-state index contributed by atoms with van der Waals surface area (Å²) in [4.78, 5) is 30.8. The first-order valence-corrected chi connectivity index (χ1v) is 12.2. The summed E-state index contributed by atoms with van der Waals surface area (Å²) in [5.41, 5.74) is 3.90. The van der Waals surface area contributed by atoms with E-state index in [1.165, 1.54) is 6.39 Å². The molecular weight excluding hydrogens is 486 g/mol. The van der Waals surface area contributed by atoms with Crippen molar-refractivity contribution in [3.63, 3.8) is 0 Å². The van der Waals surface area contributed by atoms with E-state index in [1.807, 2.05) is 56.1 Å². The lowest BCUT2D eigenvalue weighted by Crippen LogP contribution is -2.34. The monoisotopic (exact) mass is 517 g/mol. The third-order valence-electron chi connectivity index (χ3n) is 5.69. The van der Waals surface area contributed by atoms with Gasteiger partial charge >= 0.3 is 12.1 Å². The van der Waals surface area contributed by atoms with E-state index in [2.05, 4.69) is 20.9 Å². The first-order chi connectivity index (χ1) is 18.4. The predicted octanol–water partition coefficient (Wildman–Crippen LogP) is 5.63. The maximum atomic E-state index is 12.5. The van der Waals surface area contributed by atoms with Gasteiger partial charge in [-0.05, 0) is 74.5 Å². The maximum Gasteiger partial charge on any atom is 0.407 e. The fourth-order valence-electron chi connectivity index (χ4n) is 4.03. The van der Waals surface area contributed by atoms with E-state index < -0.39 is 6.09 Å². The second-order valence-electron chi connectivity index (χ2n) is 9.02. The van der Waals surface area contributed by atoms with Gasteiger partial charge in [0.1, 0.15) is 11.9 Å². The van der Waals surface area contributed by atoms with E-state index in [0.29, 0.717) is 30.2 Å². The van der Waals surface area contributed by atoms with E-state index in [9.17, 15) is 9.59 Å². The Bertz CT molecular complexity index is 1340. The van der Waals surface area contributed by atoms with E-state index in [4.69, 9.17) is 13.6 Å². The number of hydrogen-bond donors (Lipinski definition) is 3. The van der Waals surface area contributed by atoms with E-state index >= 15 is 0 Å². The van der Waals surface area contributed by atoms with Crippen molar-refractivity contribution in [2.45, 2.75) is 33.0 Å². The summed E-state index contributed by atoms with van der Waals surface area (Å²) in [5, 5.41) is 8.40. The fraction of sp³-hybridized carbons (Fsp3) is 0.250. The number of anilines is 2. The Labute approximate surface area is 221 Å². The average molecular weight is 518 g/mol. The van der Waals surface area contributed by atoms with Gasteiger partial charge in [0.25, 0.3) is 0 Å². The number of carbonyl (C=O) groups excluding carboxylic acids is 2. The van der Waals surface area contributed by atoms with Crippen molar-refractivity contribution in [2.24, 2.45) is 0 Å². The molecule has 10 nitrogen and oxygen atoms in total. The molecule has 4 aromatic rings. The van der Waals surface area contributed by atoms with Gasteiger partial charge in [0.15, 0.2) is 12.2 Å². The Hall–Kier alpha value is -4.57. The number of benzene rings is 2. The minimum Gasteiger partial charge on any atom is -0.468 e. The van der Waals surface area contributed by atoms with Crippen LogP contribution in [0, 0.1) is 6.92 Å². The molecule has 1 atom stereocenters. The Morgan fingerprint density at radius 3 is 2.58 bits per heavy atom. The third-order valence-corrected chi connectivity index (χ3v) is 5.69.